The Morgan fingerprint density at radius 2 is 1.59 bits per heavy atom. The van der Waals surface area contributed by atoms with E-state index < -0.39 is 0 Å². The predicted molar refractivity (Wildman–Crippen MR) is 140 cm³/mol. The Bertz CT molecular complexity index is 641. The van der Waals surface area contributed by atoms with Gasteiger partial charge in [0.25, 0.3) is 0 Å². The molecule has 0 aliphatic carbocycles. The number of rotatable bonds is 10. The SMILES string of the molecule is C=CC=C.CC.CC.CCc1[n-]nc(N(CC(C)(C)CC(C=O)CC)C(=O)[N-]C)c1CC.[Re].[Re]. The number of carbonyl (C=O) groups is 2. The molecule has 1 rings (SSSR count). The number of allylic oxidation sites excluding steroid dienone is 2. The van der Waals surface area contributed by atoms with E-state index in [1.54, 1.807) is 17.1 Å². The fourth-order valence-corrected chi connectivity index (χ4v) is 3.07. The van der Waals surface area contributed by atoms with Gasteiger partial charge in [0.15, 0.2) is 6.03 Å². The minimum Gasteiger partial charge on any atom is -0.578 e. The van der Waals surface area contributed by atoms with E-state index in [1.807, 2.05) is 48.5 Å². The van der Waals surface area contributed by atoms with Crippen LogP contribution in [-0.4, -0.2) is 31.0 Å². The van der Waals surface area contributed by atoms with Gasteiger partial charge in [-0.05, 0) is 36.8 Å². The fourth-order valence-electron chi connectivity index (χ4n) is 3.07. The van der Waals surface area contributed by atoms with Crippen LogP contribution in [0.4, 0.5) is 10.6 Å². The van der Waals surface area contributed by atoms with Gasteiger partial charge in [0, 0.05) is 52.6 Å². The second-order valence-corrected chi connectivity index (χ2v) is 7.39. The third kappa shape index (κ3) is 16.6. The second-order valence-electron chi connectivity index (χ2n) is 7.39. The predicted octanol–water partition coefficient (Wildman–Crippen LogP) is 7.14. The van der Waals surface area contributed by atoms with E-state index in [1.165, 1.54) is 7.05 Å². The third-order valence-electron chi connectivity index (χ3n) is 4.53. The quantitative estimate of drug-likeness (QED) is 0.186. The number of carbonyl (C=O) groups excluding carboxylic acids is 2. The van der Waals surface area contributed by atoms with Crippen molar-refractivity contribution in [2.75, 3.05) is 18.5 Å². The molecule has 0 saturated carbocycles. The fraction of sp³-hybridized carbons (Fsp3) is 0.654. The number of aldehydes is 1. The van der Waals surface area contributed by atoms with Crippen molar-refractivity contribution in [1.29, 1.82) is 0 Å². The number of hydrogen-bond acceptors (Lipinski definition) is 3. The molecule has 1 atom stereocenters. The van der Waals surface area contributed by atoms with Gasteiger partial charge in [0.2, 0.25) is 0 Å². The van der Waals surface area contributed by atoms with Crippen LogP contribution in [0, 0.1) is 11.3 Å². The summed E-state index contributed by atoms with van der Waals surface area (Å²) in [4.78, 5) is 25.2. The van der Waals surface area contributed by atoms with Crippen molar-refractivity contribution < 1.29 is 50.4 Å². The van der Waals surface area contributed by atoms with Crippen LogP contribution >= 0.6 is 0 Å². The first kappa shape index (κ1) is 43.1. The summed E-state index contributed by atoms with van der Waals surface area (Å²) >= 11 is 0. The summed E-state index contributed by atoms with van der Waals surface area (Å²) in [6, 6.07) is -0.320. The first-order valence-electron chi connectivity index (χ1n) is 11.9. The molecule has 200 valence electrons. The maximum Gasteiger partial charge on any atom is 0.159 e. The molecule has 8 heteroatoms. The van der Waals surface area contributed by atoms with Gasteiger partial charge in [-0.3, -0.25) is 4.79 Å². The van der Waals surface area contributed by atoms with Crippen LogP contribution < -0.4 is 10.00 Å². The van der Waals surface area contributed by atoms with Crippen LogP contribution in [0.3, 0.4) is 0 Å². The summed E-state index contributed by atoms with van der Waals surface area (Å²) in [6.45, 7) is 25.4. The monoisotopic (exact) mass is 822 g/mol. The molecule has 0 fully saturated rings. The van der Waals surface area contributed by atoms with Crippen LogP contribution in [0.1, 0.15) is 86.4 Å². The first-order valence-corrected chi connectivity index (χ1v) is 11.9. The van der Waals surface area contributed by atoms with Gasteiger partial charge in [-0.15, -0.1) is 5.69 Å². The number of nitrogens with zero attached hydrogens (tertiary/aromatic N) is 4. The van der Waals surface area contributed by atoms with Gasteiger partial charge in [-0.2, -0.15) is 0 Å². The Hall–Kier alpha value is -1.05. The summed E-state index contributed by atoms with van der Waals surface area (Å²) < 4.78 is 0. The van der Waals surface area contributed by atoms with Crippen LogP contribution in [0.5, 0.6) is 0 Å². The summed E-state index contributed by atoms with van der Waals surface area (Å²) in [5.74, 6) is 0.607. The Kier molecular flexibility index (Phi) is 33.6. The van der Waals surface area contributed by atoms with E-state index in [2.05, 4.69) is 42.5 Å². The first-order chi connectivity index (χ1) is 15.2. The van der Waals surface area contributed by atoms with Gasteiger partial charge in [0.05, 0.1) is 0 Å². The normalized spacial score (nSPS) is 9.94. The van der Waals surface area contributed by atoms with Crippen molar-refractivity contribution in [3.63, 3.8) is 0 Å². The number of aryl methyl sites for hydroxylation is 1. The molecule has 0 saturated heterocycles. The molecule has 1 heterocycles. The Balaban J connectivity index is -0.000000248. The maximum atomic E-state index is 12.4. The summed E-state index contributed by atoms with van der Waals surface area (Å²) in [5.41, 5.74) is 1.71. The van der Waals surface area contributed by atoms with Gasteiger partial charge in [-0.1, -0.05) is 101 Å². The van der Waals surface area contributed by atoms with E-state index in [4.69, 9.17) is 0 Å². The molecule has 0 bridgehead atoms. The topological polar surface area (TPSA) is 78.5 Å². The van der Waals surface area contributed by atoms with Crippen molar-refractivity contribution in [3.05, 3.63) is 41.9 Å². The van der Waals surface area contributed by atoms with E-state index in [0.29, 0.717) is 12.4 Å². The Labute approximate surface area is 237 Å². The standard InChI is InChI=1S/C18H31N4O2.C4H6.2C2H6.2Re/c1-7-13(11-23)10-18(4,5)12-22(17(24)19-6)16-14(8-2)15(9-3)20-21-16;1-3-4-2;2*1-2;;/h11,13H,7-10,12H2,1-6H3,(H-,19,20,21,24);3-4H,1-2H2;2*1-2H3;;/q-1;;;;;/p-1. The van der Waals surface area contributed by atoms with Crippen molar-refractivity contribution in [2.45, 2.75) is 88.0 Å². The molecule has 0 spiro atoms. The molecule has 6 nitrogen and oxygen atoms in total. The van der Waals surface area contributed by atoms with Crippen LogP contribution in [0.2, 0.25) is 0 Å². The summed E-state index contributed by atoms with van der Waals surface area (Å²) in [5, 5.41) is 12.3. The minimum absolute atomic E-state index is 0. The molecule has 2 amide bonds. The van der Waals surface area contributed by atoms with E-state index >= 15 is 0 Å². The van der Waals surface area contributed by atoms with Crippen molar-refractivity contribution >= 4 is 18.1 Å². The summed E-state index contributed by atoms with van der Waals surface area (Å²) in [6.07, 6.45) is 7.36. The Morgan fingerprint density at radius 3 is 1.91 bits per heavy atom. The summed E-state index contributed by atoms with van der Waals surface area (Å²) in [7, 11) is 1.49. The van der Waals surface area contributed by atoms with Crippen LogP contribution in [0.25, 0.3) is 5.32 Å². The van der Waals surface area contributed by atoms with Gasteiger partial charge in [-0.25, -0.2) is 0 Å². The number of urea groups is 1. The van der Waals surface area contributed by atoms with Gasteiger partial charge >= 0.3 is 0 Å². The van der Waals surface area contributed by atoms with E-state index in [9.17, 15) is 9.59 Å². The zero-order chi connectivity index (χ0) is 25.7. The number of anilines is 1. The molecule has 0 N–H and O–H groups in total. The van der Waals surface area contributed by atoms with Crippen molar-refractivity contribution in [3.8, 4) is 0 Å². The average Bonchev–Trinajstić information content (AvgIpc) is 3.26. The van der Waals surface area contributed by atoms with Crippen LogP contribution in [-0.2, 0) is 58.5 Å². The average molecular weight is 821 g/mol. The van der Waals surface area contributed by atoms with Crippen molar-refractivity contribution in [2.24, 2.45) is 11.3 Å². The Morgan fingerprint density at radius 1 is 1.09 bits per heavy atom. The molecule has 1 aromatic heterocycles. The zero-order valence-electron chi connectivity index (χ0n) is 23.1. The molecule has 2 radical (unpaired) electrons. The van der Waals surface area contributed by atoms with E-state index in [-0.39, 0.29) is 58.2 Å². The molecule has 1 unspecified atom stereocenters. The molecule has 34 heavy (non-hydrogen) atoms. The third-order valence-corrected chi connectivity index (χ3v) is 4.53. The number of aromatic nitrogens is 2. The van der Waals surface area contributed by atoms with E-state index in [0.717, 1.165) is 43.2 Å². The molecule has 0 aliphatic rings. The molecule has 1 aromatic rings. The van der Waals surface area contributed by atoms with Crippen LogP contribution in [0.15, 0.2) is 25.3 Å². The van der Waals surface area contributed by atoms with Gasteiger partial charge in [0.1, 0.15) is 6.29 Å². The number of amides is 2. The molecular formula is C26H48N4O2Re2-2. The largest absolute Gasteiger partial charge is 0.578 e. The zero-order valence-corrected chi connectivity index (χ0v) is 28.6. The van der Waals surface area contributed by atoms with Gasteiger partial charge < -0.3 is 25.2 Å². The smallest absolute Gasteiger partial charge is 0.159 e. The number of hydrogen-bond donors (Lipinski definition) is 0. The molecular weight excluding hydrogens is 773 g/mol. The second kappa shape index (κ2) is 26.6. The molecule has 0 aliphatic heterocycles. The molecule has 0 aromatic carbocycles. The maximum absolute atomic E-state index is 12.4. The van der Waals surface area contributed by atoms with Crippen molar-refractivity contribution in [1.82, 2.24) is 10.2 Å². The minimum atomic E-state index is -0.320.